The predicted octanol–water partition coefficient (Wildman–Crippen LogP) is 1.52. The van der Waals surface area contributed by atoms with Gasteiger partial charge in [0.05, 0.1) is 24.1 Å². The summed E-state index contributed by atoms with van der Waals surface area (Å²) in [6.07, 6.45) is 3.93. The molecule has 1 aliphatic rings. The molecule has 1 saturated heterocycles. The number of amides is 1. The highest BCUT2D eigenvalue weighted by atomic mass is 16.2. The topological polar surface area (TPSA) is 88.9 Å². The van der Waals surface area contributed by atoms with Gasteiger partial charge in [-0.2, -0.15) is 5.10 Å². The first-order chi connectivity index (χ1) is 11.0. The minimum atomic E-state index is -0.335. The lowest BCUT2D eigenvalue weighted by molar-refractivity contribution is -0.120. The Hall–Kier alpha value is -2.28. The van der Waals surface area contributed by atoms with Gasteiger partial charge in [-0.25, -0.2) is 9.67 Å². The number of aromatic nitrogens is 3. The van der Waals surface area contributed by atoms with Gasteiger partial charge in [0, 0.05) is 23.9 Å². The molecule has 7 nitrogen and oxygen atoms in total. The predicted molar refractivity (Wildman–Crippen MR) is 87.1 cm³/mol. The number of fused-ring (bicyclic) bond motifs is 1. The van der Waals surface area contributed by atoms with Crippen LogP contribution in [0.15, 0.2) is 18.5 Å². The van der Waals surface area contributed by atoms with Gasteiger partial charge in [-0.1, -0.05) is 0 Å². The molecule has 0 spiro atoms. The Balaban J connectivity index is 1.72. The standard InChI is InChI=1S/C16H21N5O2/c1-9(2)21-15-12(7-19-21)4-13(8-18-15)20-16(23)14-5-11(6-17-14)10(3)22/h4,7-9,11,14,17H,5-6H2,1-3H3,(H,20,23). The molecule has 2 unspecified atom stereocenters. The summed E-state index contributed by atoms with van der Waals surface area (Å²) in [4.78, 5) is 28.1. The second-order valence-corrected chi connectivity index (χ2v) is 6.31. The molecular weight excluding hydrogens is 294 g/mol. The molecular formula is C16H21N5O2. The first-order valence-corrected chi connectivity index (χ1v) is 7.83. The number of anilines is 1. The minimum absolute atomic E-state index is 0.0735. The maximum atomic E-state index is 12.3. The number of nitrogens with zero attached hydrogens (tertiary/aromatic N) is 3. The Morgan fingerprint density at radius 1 is 1.39 bits per heavy atom. The number of rotatable bonds is 4. The van der Waals surface area contributed by atoms with Crippen LogP contribution in [-0.2, 0) is 9.59 Å². The second kappa shape index (κ2) is 6.08. The molecule has 1 amide bonds. The molecule has 3 heterocycles. The van der Waals surface area contributed by atoms with Crippen LogP contribution in [-0.4, -0.2) is 39.0 Å². The monoisotopic (exact) mass is 315 g/mol. The molecule has 2 N–H and O–H groups in total. The van der Waals surface area contributed by atoms with E-state index in [0.717, 1.165) is 11.0 Å². The van der Waals surface area contributed by atoms with Crippen molar-refractivity contribution in [1.82, 2.24) is 20.1 Å². The molecule has 0 bridgehead atoms. The summed E-state index contributed by atoms with van der Waals surface area (Å²) in [6.45, 7) is 6.21. The lowest BCUT2D eigenvalue weighted by Crippen LogP contribution is -2.35. The number of hydrogen-bond acceptors (Lipinski definition) is 5. The molecule has 0 aromatic carbocycles. The number of carbonyl (C=O) groups is 2. The maximum Gasteiger partial charge on any atom is 0.241 e. The van der Waals surface area contributed by atoms with Crippen LogP contribution in [0.1, 0.15) is 33.2 Å². The third-order valence-electron chi connectivity index (χ3n) is 4.21. The van der Waals surface area contributed by atoms with Crippen molar-refractivity contribution in [3.8, 4) is 0 Å². The Bertz CT molecular complexity index is 752. The first kappa shape index (κ1) is 15.6. The minimum Gasteiger partial charge on any atom is -0.323 e. The van der Waals surface area contributed by atoms with E-state index in [4.69, 9.17) is 0 Å². The van der Waals surface area contributed by atoms with Gasteiger partial charge in [0.1, 0.15) is 5.78 Å². The average molecular weight is 315 g/mol. The van der Waals surface area contributed by atoms with E-state index in [2.05, 4.69) is 20.7 Å². The van der Waals surface area contributed by atoms with Crippen LogP contribution < -0.4 is 10.6 Å². The smallest absolute Gasteiger partial charge is 0.241 e. The normalized spacial score (nSPS) is 21.0. The van der Waals surface area contributed by atoms with Crippen molar-refractivity contribution in [3.63, 3.8) is 0 Å². The fourth-order valence-corrected chi connectivity index (χ4v) is 2.86. The third-order valence-corrected chi connectivity index (χ3v) is 4.21. The Morgan fingerprint density at radius 2 is 2.17 bits per heavy atom. The van der Waals surface area contributed by atoms with Gasteiger partial charge in [0.25, 0.3) is 0 Å². The van der Waals surface area contributed by atoms with E-state index in [1.807, 2.05) is 24.6 Å². The quantitative estimate of drug-likeness (QED) is 0.893. The molecule has 7 heteroatoms. The zero-order valence-electron chi connectivity index (χ0n) is 13.5. The average Bonchev–Trinajstić information content (AvgIpc) is 3.13. The fraction of sp³-hybridized carbons (Fsp3) is 0.500. The molecule has 3 rings (SSSR count). The summed E-state index contributed by atoms with van der Waals surface area (Å²) in [6, 6.07) is 1.76. The van der Waals surface area contributed by atoms with E-state index in [1.54, 1.807) is 19.3 Å². The van der Waals surface area contributed by atoms with E-state index < -0.39 is 0 Å². The number of hydrogen-bond donors (Lipinski definition) is 2. The van der Waals surface area contributed by atoms with Crippen LogP contribution in [0.25, 0.3) is 11.0 Å². The summed E-state index contributed by atoms with van der Waals surface area (Å²) >= 11 is 0. The summed E-state index contributed by atoms with van der Waals surface area (Å²) in [5.74, 6) is -0.0845. The van der Waals surface area contributed by atoms with Crippen molar-refractivity contribution in [2.24, 2.45) is 5.92 Å². The largest absolute Gasteiger partial charge is 0.323 e. The number of nitrogens with one attached hydrogen (secondary N) is 2. The van der Waals surface area contributed by atoms with Crippen molar-refractivity contribution < 1.29 is 9.59 Å². The highest BCUT2D eigenvalue weighted by molar-refractivity contribution is 5.97. The van der Waals surface area contributed by atoms with Crippen LogP contribution in [0.3, 0.4) is 0 Å². The molecule has 1 aliphatic heterocycles. The molecule has 122 valence electrons. The zero-order chi connectivity index (χ0) is 16.6. The number of ketones is 1. The maximum absolute atomic E-state index is 12.3. The van der Waals surface area contributed by atoms with Gasteiger partial charge in [-0.05, 0) is 33.3 Å². The van der Waals surface area contributed by atoms with E-state index in [-0.39, 0.29) is 29.7 Å². The number of pyridine rings is 1. The molecule has 1 fully saturated rings. The van der Waals surface area contributed by atoms with Crippen LogP contribution in [0, 0.1) is 5.92 Å². The van der Waals surface area contributed by atoms with Crippen molar-refractivity contribution >= 4 is 28.4 Å². The lowest BCUT2D eigenvalue weighted by Gasteiger charge is -2.11. The van der Waals surface area contributed by atoms with Crippen molar-refractivity contribution in [2.45, 2.75) is 39.3 Å². The molecule has 2 aromatic rings. The van der Waals surface area contributed by atoms with Gasteiger partial charge in [0.2, 0.25) is 5.91 Å². The molecule has 23 heavy (non-hydrogen) atoms. The van der Waals surface area contributed by atoms with Gasteiger partial charge < -0.3 is 10.6 Å². The molecule has 2 atom stereocenters. The highest BCUT2D eigenvalue weighted by Crippen LogP contribution is 2.20. The third kappa shape index (κ3) is 3.10. The van der Waals surface area contributed by atoms with E-state index >= 15 is 0 Å². The van der Waals surface area contributed by atoms with Gasteiger partial charge in [-0.15, -0.1) is 0 Å². The lowest BCUT2D eigenvalue weighted by atomic mass is 10.0. The fourth-order valence-electron chi connectivity index (χ4n) is 2.86. The highest BCUT2D eigenvalue weighted by Gasteiger charge is 2.31. The van der Waals surface area contributed by atoms with Crippen LogP contribution in [0.5, 0.6) is 0 Å². The molecule has 2 aromatic heterocycles. The van der Waals surface area contributed by atoms with Crippen LogP contribution in [0.2, 0.25) is 0 Å². The van der Waals surface area contributed by atoms with Gasteiger partial charge in [-0.3, -0.25) is 9.59 Å². The summed E-state index contributed by atoms with van der Waals surface area (Å²) in [5, 5.41) is 11.2. The summed E-state index contributed by atoms with van der Waals surface area (Å²) in [5.41, 5.74) is 1.44. The van der Waals surface area contributed by atoms with Crippen molar-refractivity contribution in [2.75, 3.05) is 11.9 Å². The van der Waals surface area contributed by atoms with Gasteiger partial charge in [0.15, 0.2) is 5.65 Å². The summed E-state index contributed by atoms with van der Waals surface area (Å²) in [7, 11) is 0. The van der Waals surface area contributed by atoms with Gasteiger partial charge >= 0.3 is 0 Å². The number of carbonyl (C=O) groups excluding carboxylic acids is 2. The van der Waals surface area contributed by atoms with E-state index in [0.29, 0.717) is 18.7 Å². The van der Waals surface area contributed by atoms with Crippen LogP contribution >= 0.6 is 0 Å². The number of Topliss-reactive ketones (excluding diaryl/α,β-unsaturated/α-hetero) is 1. The second-order valence-electron chi connectivity index (χ2n) is 6.31. The first-order valence-electron chi connectivity index (χ1n) is 7.83. The molecule has 0 radical (unpaired) electrons. The Kier molecular flexibility index (Phi) is 4.12. The zero-order valence-corrected chi connectivity index (χ0v) is 13.5. The van der Waals surface area contributed by atoms with Crippen molar-refractivity contribution in [3.05, 3.63) is 18.5 Å². The SMILES string of the molecule is CC(=O)C1CNC(C(=O)Nc2cnc3c(cnn3C(C)C)c2)C1. The van der Waals surface area contributed by atoms with Crippen molar-refractivity contribution in [1.29, 1.82) is 0 Å². The van der Waals surface area contributed by atoms with E-state index in [9.17, 15) is 9.59 Å². The Morgan fingerprint density at radius 3 is 2.83 bits per heavy atom. The van der Waals surface area contributed by atoms with Crippen LogP contribution in [0.4, 0.5) is 5.69 Å². The Labute approximate surface area is 134 Å². The van der Waals surface area contributed by atoms with E-state index in [1.165, 1.54) is 0 Å². The molecule has 0 aliphatic carbocycles. The summed E-state index contributed by atoms with van der Waals surface area (Å²) < 4.78 is 1.84. The molecule has 0 saturated carbocycles.